The fourth-order valence-corrected chi connectivity index (χ4v) is 7.66. The number of aromatic amines is 2. The lowest BCUT2D eigenvalue weighted by Crippen LogP contribution is -2.11. The van der Waals surface area contributed by atoms with E-state index in [1.165, 1.54) is 0 Å². The summed E-state index contributed by atoms with van der Waals surface area (Å²) in [5.41, 5.74) is 16.4. The summed E-state index contributed by atoms with van der Waals surface area (Å²) in [4.78, 5) is 35.4. The lowest BCUT2D eigenvalue weighted by Gasteiger charge is -2.08. The van der Waals surface area contributed by atoms with Crippen molar-refractivity contribution in [3.05, 3.63) is 192 Å². The van der Waals surface area contributed by atoms with E-state index in [1.807, 2.05) is 42.5 Å². The molecule has 0 unspecified atom stereocenters. The van der Waals surface area contributed by atoms with Crippen LogP contribution < -0.4 is 5.32 Å². The Bertz CT molecular complexity index is 2980. The number of nitrogens with zero attached hydrogens (tertiary/aromatic N) is 3. The summed E-state index contributed by atoms with van der Waals surface area (Å²) in [5.74, 6) is -0.197. The second-order valence-corrected chi connectivity index (χ2v) is 13.9. The molecule has 4 aromatic carbocycles. The summed E-state index contributed by atoms with van der Waals surface area (Å²) in [5, 5.41) is 3.01. The molecule has 0 saturated heterocycles. The van der Waals surface area contributed by atoms with Crippen molar-refractivity contribution in [2.45, 2.75) is 0 Å². The molecule has 270 valence electrons. The van der Waals surface area contributed by atoms with Gasteiger partial charge in [0.05, 0.1) is 22.8 Å². The average Bonchev–Trinajstić information content (AvgIpc) is 4.11. The van der Waals surface area contributed by atoms with Crippen molar-refractivity contribution >= 4 is 58.0 Å². The number of fused-ring (bicyclic) bond motifs is 8. The predicted octanol–water partition coefficient (Wildman–Crippen LogP) is 12.0. The van der Waals surface area contributed by atoms with Gasteiger partial charge in [-0.25, -0.2) is 9.97 Å². The quantitative estimate of drug-likeness (QED) is 0.158. The molecule has 2 aliphatic heterocycles. The fourth-order valence-electron chi connectivity index (χ4n) is 7.66. The van der Waals surface area contributed by atoms with Gasteiger partial charge in [0.2, 0.25) is 0 Å². The third kappa shape index (κ3) is 6.43. The van der Waals surface area contributed by atoms with Gasteiger partial charge in [-0.1, -0.05) is 103 Å². The topological polar surface area (TPSA) is 99.4 Å². The average molecular weight is 735 g/mol. The van der Waals surface area contributed by atoms with Gasteiger partial charge in [-0.15, -0.1) is 0 Å². The molecular weight excluding hydrogens is 701 g/mol. The van der Waals surface area contributed by atoms with Gasteiger partial charge in [-0.2, -0.15) is 0 Å². The van der Waals surface area contributed by atoms with Crippen LogP contribution in [0.15, 0.2) is 164 Å². The number of benzene rings is 4. The van der Waals surface area contributed by atoms with Crippen molar-refractivity contribution in [1.29, 1.82) is 0 Å². The Labute approximate surface area is 328 Å². The molecule has 8 bridgehead atoms. The summed E-state index contributed by atoms with van der Waals surface area (Å²) < 4.78 is 0. The van der Waals surface area contributed by atoms with E-state index in [4.69, 9.17) is 9.97 Å². The van der Waals surface area contributed by atoms with Gasteiger partial charge < -0.3 is 15.3 Å². The van der Waals surface area contributed by atoms with Crippen molar-refractivity contribution in [3.8, 4) is 44.5 Å². The van der Waals surface area contributed by atoms with Crippen LogP contribution >= 0.6 is 0 Å². The van der Waals surface area contributed by atoms with Gasteiger partial charge in [-0.05, 0) is 95.1 Å². The number of hydrogen-bond acceptors (Lipinski definition) is 4. The second kappa shape index (κ2) is 14.4. The molecule has 0 aliphatic carbocycles. The first-order chi connectivity index (χ1) is 28.2. The molecule has 7 heteroatoms. The van der Waals surface area contributed by atoms with Crippen LogP contribution in [-0.2, 0) is 0 Å². The van der Waals surface area contributed by atoms with Crippen molar-refractivity contribution in [1.82, 2.24) is 24.9 Å². The SMILES string of the molecule is O=C(Nc1ccc(-c2c3nc(c(-c4ccccc4)c4ccc([nH]4)c(-c4ccccc4)c4nc(c(-c5ccccc5)c5ccc2[nH]5)C=C4)C=C3)cc1)c1ccncc1. The first-order valence-electron chi connectivity index (χ1n) is 18.8. The van der Waals surface area contributed by atoms with Crippen molar-refractivity contribution < 1.29 is 4.79 Å². The van der Waals surface area contributed by atoms with Crippen LogP contribution in [-0.4, -0.2) is 30.8 Å². The minimum absolute atomic E-state index is 0.197. The van der Waals surface area contributed by atoms with Gasteiger partial charge >= 0.3 is 0 Å². The molecular formula is C50H34N6O. The van der Waals surface area contributed by atoms with Gasteiger partial charge in [0.15, 0.2) is 0 Å². The summed E-state index contributed by atoms with van der Waals surface area (Å²) in [7, 11) is 0. The molecule has 6 heterocycles. The van der Waals surface area contributed by atoms with Crippen LogP contribution in [0.25, 0.3) is 90.9 Å². The summed E-state index contributed by atoms with van der Waals surface area (Å²) in [6, 6.07) is 51.0. The van der Waals surface area contributed by atoms with E-state index >= 15 is 0 Å². The Balaban J connectivity index is 1.27. The smallest absolute Gasteiger partial charge is 0.255 e. The first-order valence-corrected chi connectivity index (χ1v) is 18.8. The van der Waals surface area contributed by atoms with Crippen LogP contribution in [0.5, 0.6) is 0 Å². The van der Waals surface area contributed by atoms with Gasteiger partial charge in [-0.3, -0.25) is 9.78 Å². The molecule has 2 aliphatic rings. The maximum atomic E-state index is 13.0. The molecule has 3 N–H and O–H groups in total. The maximum Gasteiger partial charge on any atom is 0.255 e. The highest BCUT2D eigenvalue weighted by atomic mass is 16.1. The summed E-state index contributed by atoms with van der Waals surface area (Å²) in [6.45, 7) is 0. The Morgan fingerprint density at radius 3 is 1.12 bits per heavy atom. The number of pyridine rings is 1. The van der Waals surface area contributed by atoms with Crippen LogP contribution in [0.4, 0.5) is 5.69 Å². The predicted molar refractivity (Wildman–Crippen MR) is 233 cm³/mol. The molecule has 10 rings (SSSR count). The highest BCUT2D eigenvalue weighted by molar-refractivity contribution is 6.04. The van der Waals surface area contributed by atoms with Crippen molar-refractivity contribution in [2.75, 3.05) is 5.32 Å². The Morgan fingerprint density at radius 2 is 0.754 bits per heavy atom. The van der Waals surface area contributed by atoms with E-state index in [9.17, 15) is 4.79 Å². The highest BCUT2D eigenvalue weighted by Crippen LogP contribution is 2.38. The third-order valence-corrected chi connectivity index (χ3v) is 10.3. The molecule has 7 nitrogen and oxygen atoms in total. The lowest BCUT2D eigenvalue weighted by atomic mass is 10.0. The number of carbonyl (C=O) groups is 1. The molecule has 0 atom stereocenters. The number of carbonyl (C=O) groups excluding carboxylic acids is 1. The van der Waals surface area contributed by atoms with E-state index in [2.05, 4.69) is 142 Å². The number of H-pyrrole nitrogens is 2. The standard InChI is InChI=1S/C50H34N6O/c57-50(36-28-30-51-31-29-36)52-37-18-16-35(17-19-37)49-44-26-24-42(55-44)47(33-12-6-2-7-13-33)40-22-20-38(53-40)46(32-10-4-1-5-11-32)39-21-23-41(54-39)48(34-14-8-3-9-15-34)43-25-27-45(49)56-43/h1-31,53,56H,(H,52,57). The largest absolute Gasteiger partial charge is 0.354 e. The number of anilines is 1. The Morgan fingerprint density at radius 1 is 0.404 bits per heavy atom. The molecule has 0 saturated carbocycles. The molecule has 0 spiro atoms. The number of rotatable bonds is 6. The highest BCUT2D eigenvalue weighted by Gasteiger charge is 2.19. The van der Waals surface area contributed by atoms with E-state index in [1.54, 1.807) is 24.5 Å². The zero-order valence-electron chi connectivity index (χ0n) is 30.6. The molecule has 0 radical (unpaired) electrons. The molecule has 0 fully saturated rings. The molecule has 57 heavy (non-hydrogen) atoms. The van der Waals surface area contributed by atoms with Crippen LogP contribution in [0.1, 0.15) is 33.1 Å². The fraction of sp³-hybridized carbons (Fsp3) is 0. The van der Waals surface area contributed by atoms with E-state index in [0.717, 1.165) is 89.4 Å². The number of hydrogen-bond donors (Lipinski definition) is 3. The van der Waals surface area contributed by atoms with Gasteiger partial charge in [0.25, 0.3) is 5.91 Å². The monoisotopic (exact) mass is 734 g/mol. The molecule has 4 aromatic heterocycles. The van der Waals surface area contributed by atoms with E-state index in [-0.39, 0.29) is 5.91 Å². The van der Waals surface area contributed by atoms with Crippen LogP contribution in [0.3, 0.4) is 0 Å². The zero-order valence-corrected chi connectivity index (χ0v) is 30.6. The van der Waals surface area contributed by atoms with E-state index < -0.39 is 0 Å². The third-order valence-electron chi connectivity index (χ3n) is 10.3. The summed E-state index contributed by atoms with van der Waals surface area (Å²) in [6.07, 6.45) is 11.6. The Kier molecular flexibility index (Phi) is 8.50. The first kappa shape index (κ1) is 33.7. The lowest BCUT2D eigenvalue weighted by molar-refractivity contribution is 0.102. The number of amides is 1. The maximum absolute atomic E-state index is 13.0. The van der Waals surface area contributed by atoms with Gasteiger partial charge in [0, 0.05) is 68.0 Å². The zero-order chi connectivity index (χ0) is 38.1. The number of aromatic nitrogens is 5. The van der Waals surface area contributed by atoms with E-state index in [0.29, 0.717) is 11.3 Å². The molecule has 1 amide bonds. The normalized spacial score (nSPS) is 11.8. The summed E-state index contributed by atoms with van der Waals surface area (Å²) >= 11 is 0. The molecule has 8 aromatic rings. The van der Waals surface area contributed by atoms with Crippen molar-refractivity contribution in [2.24, 2.45) is 0 Å². The van der Waals surface area contributed by atoms with Crippen LogP contribution in [0, 0.1) is 0 Å². The second-order valence-electron chi connectivity index (χ2n) is 13.9. The van der Waals surface area contributed by atoms with Crippen molar-refractivity contribution in [3.63, 3.8) is 0 Å². The number of nitrogens with one attached hydrogen (secondary N) is 3. The Hall–Kier alpha value is -7.90. The van der Waals surface area contributed by atoms with Crippen LogP contribution in [0.2, 0.25) is 0 Å². The van der Waals surface area contributed by atoms with Gasteiger partial charge in [0.1, 0.15) is 0 Å². The minimum atomic E-state index is -0.197. The minimum Gasteiger partial charge on any atom is -0.354 e.